The second kappa shape index (κ2) is 54.8. The number of phosphoric acid groups is 1. The maximum atomic E-state index is 12.7. The van der Waals surface area contributed by atoms with Crippen LogP contribution in [-0.4, -0.2) is 49.3 Å². The van der Waals surface area contributed by atoms with Crippen molar-refractivity contribution in [2.75, 3.05) is 26.4 Å². The number of carbonyl (C=O) groups is 2. The first-order chi connectivity index (χ1) is 33.8. The van der Waals surface area contributed by atoms with Crippen molar-refractivity contribution in [1.29, 1.82) is 0 Å². The lowest BCUT2D eigenvalue weighted by Crippen LogP contribution is -2.29. The van der Waals surface area contributed by atoms with Crippen LogP contribution in [0.2, 0.25) is 0 Å². The van der Waals surface area contributed by atoms with Crippen LogP contribution in [0, 0.1) is 0 Å². The van der Waals surface area contributed by atoms with E-state index in [2.05, 4.69) is 86.8 Å². The molecule has 3 N–H and O–H groups in total. The fourth-order valence-corrected chi connectivity index (χ4v) is 8.66. The SMILES string of the molecule is CC/C=C\C/C=C\C/C=C\C/C=C\CCCCCCCCCCCCCCCCCCCCC(=O)OC(COC(=O)CCCCCCCCC/C=C\C/C=C\CCCCC)COP(=O)(O)OCCN. The maximum Gasteiger partial charge on any atom is 0.472 e. The number of phosphoric ester groups is 1. The normalized spacial score (nSPS) is 13.6. The Morgan fingerprint density at radius 2 is 0.797 bits per heavy atom. The van der Waals surface area contributed by atoms with Crippen molar-refractivity contribution in [2.45, 2.75) is 264 Å². The highest BCUT2D eigenvalue weighted by atomic mass is 31.2. The van der Waals surface area contributed by atoms with Crippen LogP contribution >= 0.6 is 7.82 Å². The predicted molar refractivity (Wildman–Crippen MR) is 293 cm³/mol. The Bertz CT molecular complexity index is 1360. The van der Waals surface area contributed by atoms with Gasteiger partial charge >= 0.3 is 19.8 Å². The highest BCUT2D eigenvalue weighted by Crippen LogP contribution is 2.43. The van der Waals surface area contributed by atoms with Gasteiger partial charge in [0.1, 0.15) is 6.61 Å². The zero-order valence-corrected chi connectivity index (χ0v) is 45.4. The van der Waals surface area contributed by atoms with E-state index in [0.717, 1.165) is 83.5 Å². The van der Waals surface area contributed by atoms with Crippen LogP contribution in [0.5, 0.6) is 0 Å². The summed E-state index contributed by atoms with van der Waals surface area (Å²) in [6.45, 7) is 3.62. The molecule has 0 rings (SSSR count). The fourth-order valence-electron chi connectivity index (χ4n) is 7.89. The molecule has 0 aromatic heterocycles. The second-order valence-corrected chi connectivity index (χ2v) is 20.2. The Labute approximate surface area is 424 Å². The van der Waals surface area contributed by atoms with E-state index < -0.39 is 26.5 Å². The Kier molecular flexibility index (Phi) is 52.8. The summed E-state index contributed by atoms with van der Waals surface area (Å²) >= 11 is 0. The van der Waals surface area contributed by atoms with Crippen LogP contribution in [0.3, 0.4) is 0 Å². The Hall–Kier alpha value is -2.55. The maximum absolute atomic E-state index is 12.7. The van der Waals surface area contributed by atoms with E-state index >= 15 is 0 Å². The zero-order valence-electron chi connectivity index (χ0n) is 44.5. The molecule has 0 saturated heterocycles. The summed E-state index contributed by atoms with van der Waals surface area (Å²) in [5.74, 6) is -0.831. The molecule has 9 nitrogen and oxygen atoms in total. The number of ether oxygens (including phenoxy) is 2. The first-order valence-electron chi connectivity index (χ1n) is 28.4. The molecule has 2 atom stereocenters. The van der Waals surface area contributed by atoms with Gasteiger partial charge in [-0.25, -0.2) is 4.57 Å². The van der Waals surface area contributed by atoms with E-state index in [1.165, 1.54) is 141 Å². The minimum Gasteiger partial charge on any atom is -0.462 e. The van der Waals surface area contributed by atoms with Gasteiger partial charge in [-0.15, -0.1) is 0 Å². The van der Waals surface area contributed by atoms with Crippen LogP contribution in [0.4, 0.5) is 0 Å². The van der Waals surface area contributed by atoms with Gasteiger partial charge in [0, 0.05) is 19.4 Å². The van der Waals surface area contributed by atoms with Crippen molar-refractivity contribution in [2.24, 2.45) is 5.73 Å². The summed E-state index contributed by atoms with van der Waals surface area (Å²) in [6.07, 6.45) is 69.6. The lowest BCUT2D eigenvalue weighted by Gasteiger charge is -2.19. The number of esters is 2. The van der Waals surface area contributed by atoms with Crippen molar-refractivity contribution < 1.29 is 37.6 Å². The molecule has 69 heavy (non-hydrogen) atoms. The van der Waals surface area contributed by atoms with Crippen LogP contribution in [0.25, 0.3) is 0 Å². The minimum atomic E-state index is -4.39. The standard InChI is InChI=1S/C59H106NO8P/c1-3-5-7-9-11-13-15-17-19-21-22-23-24-25-26-27-28-29-30-31-32-33-34-36-38-40-42-44-46-48-50-52-59(62)68-57(56-67-69(63,64)66-54-53-60)55-65-58(61)51-49-47-45-43-41-39-37-35-20-18-16-14-12-10-8-6-4-2/h5,7,11-14,17-20,22-23,57H,3-4,6,8-10,15-16,21,24-56,60H2,1-2H3,(H,63,64)/b7-5-,13-11-,14-12-,19-17-,20-18-,23-22-. The first kappa shape index (κ1) is 66.5. The first-order valence-corrected chi connectivity index (χ1v) is 29.9. The van der Waals surface area contributed by atoms with E-state index in [1.807, 2.05) is 0 Å². The van der Waals surface area contributed by atoms with E-state index in [9.17, 15) is 19.0 Å². The molecule has 0 heterocycles. The van der Waals surface area contributed by atoms with Gasteiger partial charge in [-0.2, -0.15) is 0 Å². The summed E-state index contributed by atoms with van der Waals surface area (Å²) in [7, 11) is -4.39. The van der Waals surface area contributed by atoms with E-state index in [1.54, 1.807) is 0 Å². The number of carbonyl (C=O) groups excluding carboxylic acids is 2. The Morgan fingerprint density at radius 3 is 1.19 bits per heavy atom. The molecule has 0 amide bonds. The van der Waals surface area contributed by atoms with Crippen molar-refractivity contribution in [1.82, 2.24) is 0 Å². The molecule has 0 aliphatic rings. The average molecular weight is 988 g/mol. The highest BCUT2D eigenvalue weighted by molar-refractivity contribution is 7.47. The second-order valence-electron chi connectivity index (χ2n) is 18.8. The molecule has 0 spiro atoms. The average Bonchev–Trinajstić information content (AvgIpc) is 3.34. The molecule has 0 saturated carbocycles. The number of hydrogen-bond donors (Lipinski definition) is 2. The topological polar surface area (TPSA) is 134 Å². The van der Waals surface area contributed by atoms with Crippen molar-refractivity contribution in [3.05, 3.63) is 72.9 Å². The summed E-state index contributed by atoms with van der Waals surface area (Å²) in [4.78, 5) is 35.1. The summed E-state index contributed by atoms with van der Waals surface area (Å²) in [5, 5.41) is 0. The number of hydrogen-bond acceptors (Lipinski definition) is 8. The Morgan fingerprint density at radius 1 is 0.449 bits per heavy atom. The fraction of sp³-hybridized carbons (Fsp3) is 0.763. The molecular weight excluding hydrogens is 882 g/mol. The molecule has 0 radical (unpaired) electrons. The van der Waals surface area contributed by atoms with Gasteiger partial charge < -0.3 is 20.1 Å². The van der Waals surface area contributed by atoms with Crippen LogP contribution in [0.15, 0.2) is 72.9 Å². The van der Waals surface area contributed by atoms with Gasteiger partial charge in [0.25, 0.3) is 0 Å². The smallest absolute Gasteiger partial charge is 0.462 e. The third kappa shape index (κ3) is 54.6. The monoisotopic (exact) mass is 988 g/mol. The number of allylic oxidation sites excluding steroid dienone is 12. The number of rotatable bonds is 53. The van der Waals surface area contributed by atoms with Gasteiger partial charge in [-0.3, -0.25) is 18.6 Å². The molecule has 0 aliphatic heterocycles. The molecule has 400 valence electrons. The summed E-state index contributed by atoms with van der Waals surface area (Å²) in [6, 6.07) is 0. The van der Waals surface area contributed by atoms with E-state index in [4.69, 9.17) is 24.3 Å². The quantitative estimate of drug-likeness (QED) is 0.0264. The van der Waals surface area contributed by atoms with Crippen molar-refractivity contribution in [3.8, 4) is 0 Å². The van der Waals surface area contributed by atoms with Gasteiger partial charge in [0.2, 0.25) is 0 Å². The number of nitrogens with two attached hydrogens (primary N) is 1. The molecule has 0 bridgehead atoms. The van der Waals surface area contributed by atoms with E-state index in [-0.39, 0.29) is 38.6 Å². The summed E-state index contributed by atoms with van der Waals surface area (Å²) < 4.78 is 33.0. The molecular formula is C59H106NO8P. The summed E-state index contributed by atoms with van der Waals surface area (Å²) in [5.41, 5.74) is 5.38. The Balaban J connectivity index is 3.92. The minimum absolute atomic E-state index is 0.0510. The molecule has 0 aliphatic carbocycles. The molecule has 10 heteroatoms. The third-order valence-electron chi connectivity index (χ3n) is 12.1. The van der Waals surface area contributed by atoms with Crippen LogP contribution in [0.1, 0.15) is 258 Å². The molecule has 2 unspecified atom stereocenters. The lowest BCUT2D eigenvalue weighted by molar-refractivity contribution is -0.161. The third-order valence-corrected chi connectivity index (χ3v) is 13.1. The largest absolute Gasteiger partial charge is 0.472 e. The van der Waals surface area contributed by atoms with E-state index in [0.29, 0.717) is 6.42 Å². The highest BCUT2D eigenvalue weighted by Gasteiger charge is 2.26. The van der Waals surface area contributed by atoms with Gasteiger partial charge in [-0.1, -0.05) is 234 Å². The zero-order chi connectivity index (χ0) is 50.2. The molecule has 0 aromatic carbocycles. The van der Waals surface area contributed by atoms with Gasteiger partial charge in [0.15, 0.2) is 6.10 Å². The van der Waals surface area contributed by atoms with Crippen molar-refractivity contribution in [3.63, 3.8) is 0 Å². The van der Waals surface area contributed by atoms with Gasteiger partial charge in [0.05, 0.1) is 13.2 Å². The van der Waals surface area contributed by atoms with Crippen LogP contribution < -0.4 is 5.73 Å². The van der Waals surface area contributed by atoms with Gasteiger partial charge in [-0.05, 0) is 83.5 Å². The number of unbranched alkanes of at least 4 members (excludes halogenated alkanes) is 28. The predicted octanol–water partition coefficient (Wildman–Crippen LogP) is 17.7. The molecule has 0 aromatic rings. The van der Waals surface area contributed by atoms with Crippen LogP contribution in [-0.2, 0) is 32.7 Å². The lowest BCUT2D eigenvalue weighted by atomic mass is 10.0. The molecule has 0 fully saturated rings. The van der Waals surface area contributed by atoms with Crippen molar-refractivity contribution >= 4 is 19.8 Å².